The molecule has 128 valence electrons. The molecule has 1 amide bonds. The molecule has 0 unspecified atom stereocenters. The van der Waals surface area contributed by atoms with Gasteiger partial charge in [0, 0.05) is 24.4 Å². The number of benzene rings is 1. The Morgan fingerprint density at radius 3 is 2.79 bits per heavy atom. The van der Waals surface area contributed by atoms with Crippen LogP contribution in [0.4, 0.5) is 11.5 Å². The lowest BCUT2D eigenvalue weighted by Crippen LogP contribution is -2.25. The summed E-state index contributed by atoms with van der Waals surface area (Å²) in [5.74, 6) is 1.70. The predicted octanol–water partition coefficient (Wildman–Crippen LogP) is 3.46. The van der Waals surface area contributed by atoms with Crippen LogP contribution >= 0.6 is 0 Å². The zero-order valence-electron chi connectivity index (χ0n) is 14.4. The second-order valence-corrected chi connectivity index (χ2v) is 5.51. The summed E-state index contributed by atoms with van der Waals surface area (Å²) in [6.07, 6.45) is 3.20. The highest BCUT2D eigenvalue weighted by atomic mass is 16.5. The van der Waals surface area contributed by atoms with Crippen LogP contribution in [-0.4, -0.2) is 29.5 Å². The quantitative estimate of drug-likeness (QED) is 0.726. The van der Waals surface area contributed by atoms with E-state index in [0.29, 0.717) is 23.9 Å². The van der Waals surface area contributed by atoms with Crippen LogP contribution in [-0.2, 0) is 0 Å². The van der Waals surface area contributed by atoms with Crippen LogP contribution in [0.15, 0.2) is 30.3 Å². The van der Waals surface area contributed by atoms with E-state index in [0.717, 1.165) is 30.7 Å². The van der Waals surface area contributed by atoms with Crippen LogP contribution in [0.5, 0.6) is 5.75 Å². The largest absolute Gasteiger partial charge is 0.497 e. The average molecular weight is 328 g/mol. The Labute approximate surface area is 142 Å². The van der Waals surface area contributed by atoms with E-state index in [4.69, 9.17) is 4.74 Å². The van der Waals surface area contributed by atoms with Crippen molar-refractivity contribution < 1.29 is 9.53 Å². The van der Waals surface area contributed by atoms with Gasteiger partial charge in [-0.25, -0.2) is 9.97 Å². The number of aromatic nitrogens is 2. The van der Waals surface area contributed by atoms with Crippen molar-refractivity contribution in [1.29, 1.82) is 0 Å². The minimum Gasteiger partial charge on any atom is -0.497 e. The summed E-state index contributed by atoms with van der Waals surface area (Å²) in [5.41, 5.74) is 1.20. The standard InChI is InChI=1S/C18H24N4O2/c1-4-5-6-10-19-18(23)16-12-17(21-13(2)20-16)22-14-8-7-9-15(11-14)24-3/h7-9,11-12H,4-6,10H2,1-3H3,(H,19,23)(H,20,21,22). The monoisotopic (exact) mass is 328 g/mol. The molecule has 0 radical (unpaired) electrons. The van der Waals surface area contributed by atoms with Crippen LogP contribution in [0, 0.1) is 6.92 Å². The lowest BCUT2D eigenvalue weighted by Gasteiger charge is -2.10. The van der Waals surface area contributed by atoms with Crippen LogP contribution < -0.4 is 15.4 Å². The summed E-state index contributed by atoms with van der Waals surface area (Å²) in [6.45, 7) is 4.56. The Balaban J connectivity index is 2.08. The Morgan fingerprint density at radius 2 is 2.04 bits per heavy atom. The summed E-state index contributed by atoms with van der Waals surface area (Å²) < 4.78 is 5.21. The van der Waals surface area contributed by atoms with Crippen LogP contribution in [0.25, 0.3) is 0 Å². The summed E-state index contributed by atoms with van der Waals surface area (Å²) in [6, 6.07) is 9.18. The van der Waals surface area contributed by atoms with Crippen LogP contribution in [0.2, 0.25) is 0 Å². The molecule has 1 aromatic heterocycles. The number of hydrogen-bond donors (Lipinski definition) is 2. The number of hydrogen-bond acceptors (Lipinski definition) is 5. The van der Waals surface area contributed by atoms with E-state index in [1.165, 1.54) is 0 Å². The van der Waals surface area contributed by atoms with Gasteiger partial charge in [0.1, 0.15) is 23.1 Å². The number of anilines is 2. The number of amides is 1. The van der Waals surface area contributed by atoms with Crippen molar-refractivity contribution >= 4 is 17.4 Å². The Hall–Kier alpha value is -2.63. The lowest BCUT2D eigenvalue weighted by molar-refractivity contribution is 0.0947. The molecule has 2 aromatic rings. The van der Waals surface area contributed by atoms with E-state index >= 15 is 0 Å². The first-order valence-electron chi connectivity index (χ1n) is 8.17. The number of nitrogens with one attached hydrogen (secondary N) is 2. The maximum Gasteiger partial charge on any atom is 0.270 e. The molecule has 0 spiro atoms. The van der Waals surface area contributed by atoms with E-state index in [1.54, 1.807) is 20.1 Å². The van der Waals surface area contributed by atoms with Gasteiger partial charge in [-0.05, 0) is 25.5 Å². The van der Waals surface area contributed by atoms with Crippen molar-refractivity contribution in [1.82, 2.24) is 15.3 Å². The molecule has 0 atom stereocenters. The van der Waals surface area contributed by atoms with Gasteiger partial charge in [-0.2, -0.15) is 0 Å². The number of unbranched alkanes of at least 4 members (excludes halogenated alkanes) is 2. The molecule has 0 bridgehead atoms. The van der Waals surface area contributed by atoms with Crippen molar-refractivity contribution in [2.24, 2.45) is 0 Å². The number of aryl methyl sites for hydroxylation is 1. The van der Waals surface area contributed by atoms with Crippen molar-refractivity contribution in [3.8, 4) is 5.75 Å². The fourth-order valence-electron chi connectivity index (χ4n) is 2.26. The molecule has 1 aromatic carbocycles. The first-order chi connectivity index (χ1) is 11.6. The molecule has 0 saturated carbocycles. The van der Waals surface area contributed by atoms with E-state index < -0.39 is 0 Å². The minimum absolute atomic E-state index is 0.176. The highest BCUT2D eigenvalue weighted by molar-refractivity contribution is 5.93. The zero-order valence-corrected chi connectivity index (χ0v) is 14.4. The molecule has 0 aliphatic heterocycles. The SMILES string of the molecule is CCCCCNC(=O)c1cc(Nc2cccc(OC)c2)nc(C)n1. The first kappa shape index (κ1) is 17.7. The summed E-state index contributed by atoms with van der Waals surface area (Å²) in [4.78, 5) is 20.8. The smallest absolute Gasteiger partial charge is 0.270 e. The van der Waals surface area contributed by atoms with Gasteiger partial charge in [0.2, 0.25) is 0 Å². The van der Waals surface area contributed by atoms with Gasteiger partial charge in [0.05, 0.1) is 7.11 Å². The molecular weight excluding hydrogens is 304 g/mol. The number of methoxy groups -OCH3 is 1. The third kappa shape index (κ3) is 5.22. The molecule has 1 heterocycles. The molecule has 6 nitrogen and oxygen atoms in total. The van der Waals surface area contributed by atoms with Crippen LogP contribution in [0.1, 0.15) is 42.5 Å². The number of carbonyl (C=O) groups is 1. The number of rotatable bonds is 8. The fraction of sp³-hybridized carbons (Fsp3) is 0.389. The third-order valence-corrected chi connectivity index (χ3v) is 3.48. The Kier molecular flexibility index (Phi) is 6.54. The molecular formula is C18H24N4O2. The average Bonchev–Trinajstić information content (AvgIpc) is 2.58. The minimum atomic E-state index is -0.176. The van der Waals surface area contributed by atoms with Gasteiger partial charge < -0.3 is 15.4 Å². The van der Waals surface area contributed by atoms with E-state index in [9.17, 15) is 4.79 Å². The van der Waals surface area contributed by atoms with Crippen molar-refractivity contribution in [3.05, 3.63) is 41.9 Å². The first-order valence-corrected chi connectivity index (χ1v) is 8.17. The molecule has 0 saturated heterocycles. The van der Waals surface area contributed by atoms with Gasteiger partial charge >= 0.3 is 0 Å². The van der Waals surface area contributed by atoms with Gasteiger partial charge in [0.15, 0.2) is 0 Å². The van der Waals surface area contributed by atoms with Crippen LogP contribution in [0.3, 0.4) is 0 Å². The maximum atomic E-state index is 12.2. The highest BCUT2D eigenvalue weighted by Crippen LogP contribution is 2.20. The molecule has 2 N–H and O–H groups in total. The zero-order chi connectivity index (χ0) is 17.4. The van der Waals surface area contributed by atoms with E-state index in [1.807, 2.05) is 24.3 Å². The summed E-state index contributed by atoms with van der Waals surface area (Å²) in [7, 11) is 1.62. The topological polar surface area (TPSA) is 76.1 Å². The summed E-state index contributed by atoms with van der Waals surface area (Å²) >= 11 is 0. The van der Waals surface area contributed by atoms with Gasteiger partial charge in [0.25, 0.3) is 5.91 Å². The molecule has 6 heteroatoms. The van der Waals surface area contributed by atoms with Crippen molar-refractivity contribution in [2.75, 3.05) is 19.0 Å². The number of nitrogens with zero attached hydrogens (tertiary/aromatic N) is 2. The second kappa shape index (κ2) is 8.86. The van der Waals surface area contributed by atoms with Gasteiger partial charge in [-0.15, -0.1) is 0 Å². The highest BCUT2D eigenvalue weighted by Gasteiger charge is 2.10. The third-order valence-electron chi connectivity index (χ3n) is 3.48. The normalized spacial score (nSPS) is 10.3. The molecule has 0 aliphatic rings. The van der Waals surface area contributed by atoms with Gasteiger partial charge in [-0.1, -0.05) is 25.8 Å². The van der Waals surface area contributed by atoms with E-state index in [-0.39, 0.29) is 5.91 Å². The maximum absolute atomic E-state index is 12.2. The fourth-order valence-corrected chi connectivity index (χ4v) is 2.26. The van der Waals surface area contributed by atoms with Crippen molar-refractivity contribution in [2.45, 2.75) is 33.1 Å². The van der Waals surface area contributed by atoms with E-state index in [2.05, 4.69) is 27.5 Å². The Morgan fingerprint density at radius 1 is 1.21 bits per heavy atom. The summed E-state index contributed by atoms with van der Waals surface area (Å²) in [5, 5.41) is 6.07. The lowest BCUT2D eigenvalue weighted by atomic mass is 10.2. The van der Waals surface area contributed by atoms with Gasteiger partial charge in [-0.3, -0.25) is 4.79 Å². The predicted molar refractivity (Wildman–Crippen MR) is 94.9 cm³/mol. The Bertz CT molecular complexity index is 688. The second-order valence-electron chi connectivity index (χ2n) is 5.51. The number of ether oxygens (including phenoxy) is 1. The van der Waals surface area contributed by atoms with Crippen molar-refractivity contribution in [3.63, 3.8) is 0 Å². The molecule has 0 aliphatic carbocycles. The molecule has 2 rings (SSSR count). The molecule has 24 heavy (non-hydrogen) atoms. The number of carbonyl (C=O) groups excluding carboxylic acids is 1. The molecule has 0 fully saturated rings.